The Morgan fingerprint density at radius 2 is 0.685 bits per heavy atom. The number of amides is 1. The highest BCUT2D eigenvalue weighted by Gasteiger charge is 2.14. The molecule has 316 valence electrons. The molecule has 1 amide bonds. The molecule has 0 heterocycles. The summed E-state index contributed by atoms with van der Waals surface area (Å²) < 4.78 is 68.8. The van der Waals surface area contributed by atoms with E-state index in [0.717, 1.165) is 0 Å². The minimum absolute atomic E-state index is 0.00319. The number of hydrogen-bond acceptors (Lipinski definition) is 18. The Morgan fingerprint density at radius 1 is 0.370 bits per heavy atom. The molecule has 0 radical (unpaired) electrons. The number of nitrogens with one attached hydrogen (secondary N) is 1. The van der Waals surface area contributed by atoms with E-state index in [-0.39, 0.29) is 32.8 Å². The van der Waals surface area contributed by atoms with Crippen LogP contribution in [0.1, 0.15) is 12.8 Å². The number of rotatable bonds is 44. The third-order valence-electron chi connectivity index (χ3n) is 6.03. The van der Waals surface area contributed by atoms with Crippen LogP contribution in [0, 0.1) is 0 Å². The number of ketones is 1. The molecular weight excluding hydrogens is 730 g/mol. The molecule has 21 nitrogen and oxygen atoms in total. The van der Waals surface area contributed by atoms with E-state index in [2.05, 4.69) is 10.1 Å². The standard InChI is InChI=1S/C33H59NO20/c35-29(33(40)41)1-2-32(39)54-26-25-52-24-23-51-22-21-50-20-19-49-18-17-48-16-15-47-14-13-46-12-11-45-10-9-44-8-7-43-6-5-42-4-3-34-30(36)27-53-28-31(37)38/h1-28H2,(H,34,36)(H,37,38)(H,40,41). The fourth-order valence-electron chi connectivity index (χ4n) is 3.46. The number of Topliss-reactive ketones (excluding diaryl/α,β-unsaturated/α-hetero) is 1. The Kier molecular flexibility index (Phi) is 39.0. The average molecular weight is 790 g/mol. The fourth-order valence-corrected chi connectivity index (χ4v) is 3.46. The maximum atomic E-state index is 11.4. The first-order chi connectivity index (χ1) is 26.3. The number of carboxylic acid groups (broad SMARTS) is 2. The summed E-state index contributed by atoms with van der Waals surface area (Å²) in [6.07, 6.45) is -0.678. The van der Waals surface area contributed by atoms with E-state index in [1.807, 2.05) is 0 Å². The zero-order chi connectivity index (χ0) is 39.6. The molecule has 0 saturated carbocycles. The van der Waals surface area contributed by atoms with Crippen LogP contribution in [-0.4, -0.2) is 212 Å². The highest BCUT2D eigenvalue weighted by molar-refractivity contribution is 6.32. The molecule has 0 rings (SSSR count). The van der Waals surface area contributed by atoms with Gasteiger partial charge in [0, 0.05) is 13.0 Å². The van der Waals surface area contributed by atoms with Crippen LogP contribution < -0.4 is 5.32 Å². The van der Waals surface area contributed by atoms with Crippen LogP contribution in [-0.2, 0) is 85.6 Å². The summed E-state index contributed by atoms with van der Waals surface area (Å²) in [6.45, 7) is 8.25. The van der Waals surface area contributed by atoms with E-state index < -0.39 is 42.6 Å². The van der Waals surface area contributed by atoms with E-state index in [1.165, 1.54) is 0 Å². The van der Waals surface area contributed by atoms with Crippen LogP contribution in [0.3, 0.4) is 0 Å². The zero-order valence-corrected chi connectivity index (χ0v) is 31.0. The minimum Gasteiger partial charge on any atom is -0.480 e. The Hall–Kier alpha value is -2.93. The van der Waals surface area contributed by atoms with Gasteiger partial charge in [0.2, 0.25) is 11.7 Å². The van der Waals surface area contributed by atoms with E-state index >= 15 is 0 Å². The van der Waals surface area contributed by atoms with E-state index in [1.54, 1.807) is 0 Å². The van der Waals surface area contributed by atoms with Crippen molar-refractivity contribution in [1.82, 2.24) is 5.32 Å². The fraction of sp³-hybridized carbons (Fsp3) is 0.848. The molecule has 0 aliphatic rings. The van der Waals surface area contributed by atoms with Crippen molar-refractivity contribution < 1.29 is 95.8 Å². The second kappa shape index (κ2) is 41.2. The molecule has 0 saturated heterocycles. The third-order valence-corrected chi connectivity index (χ3v) is 6.03. The quantitative estimate of drug-likeness (QED) is 0.0355. The SMILES string of the molecule is O=C(O)COCC(=O)NCCOCCOCCOCCOCCOCCOCCOCCOCCOCCOCCOCCOC(=O)CCC(=O)C(=O)O. The van der Waals surface area contributed by atoms with Crippen molar-refractivity contribution in [2.24, 2.45) is 0 Å². The Labute approximate surface area is 315 Å². The van der Waals surface area contributed by atoms with Crippen molar-refractivity contribution in [2.75, 3.05) is 172 Å². The number of aliphatic carboxylic acids is 2. The van der Waals surface area contributed by atoms with Gasteiger partial charge in [-0.1, -0.05) is 0 Å². The lowest BCUT2D eigenvalue weighted by Gasteiger charge is -2.09. The van der Waals surface area contributed by atoms with Gasteiger partial charge in [-0.05, 0) is 0 Å². The van der Waals surface area contributed by atoms with E-state index in [4.69, 9.17) is 67.1 Å². The minimum atomic E-state index is -1.57. The summed E-state index contributed by atoms with van der Waals surface area (Å²) in [4.78, 5) is 54.3. The van der Waals surface area contributed by atoms with Crippen LogP contribution in [0.25, 0.3) is 0 Å². The third kappa shape index (κ3) is 41.8. The molecule has 0 spiro atoms. The second-order valence-electron chi connectivity index (χ2n) is 10.4. The summed E-state index contributed by atoms with van der Waals surface area (Å²) in [7, 11) is 0. The first-order valence-corrected chi connectivity index (χ1v) is 17.7. The number of carbonyl (C=O) groups is 5. The normalized spacial score (nSPS) is 11.1. The summed E-state index contributed by atoms with van der Waals surface area (Å²) in [5, 5.41) is 19.4. The molecule has 0 atom stereocenters. The number of carboxylic acids is 2. The molecule has 0 aromatic carbocycles. The first kappa shape index (κ1) is 51.1. The largest absolute Gasteiger partial charge is 0.480 e. The van der Waals surface area contributed by atoms with Gasteiger partial charge in [0.15, 0.2) is 0 Å². The molecule has 0 unspecified atom stereocenters. The van der Waals surface area contributed by atoms with Crippen molar-refractivity contribution in [3.05, 3.63) is 0 Å². The van der Waals surface area contributed by atoms with Gasteiger partial charge in [-0.3, -0.25) is 14.4 Å². The van der Waals surface area contributed by atoms with Crippen molar-refractivity contribution >= 4 is 29.6 Å². The predicted molar refractivity (Wildman–Crippen MR) is 183 cm³/mol. The van der Waals surface area contributed by atoms with Crippen molar-refractivity contribution in [3.63, 3.8) is 0 Å². The zero-order valence-electron chi connectivity index (χ0n) is 31.0. The van der Waals surface area contributed by atoms with Gasteiger partial charge in [-0.25, -0.2) is 9.59 Å². The van der Waals surface area contributed by atoms with Gasteiger partial charge in [0.05, 0.1) is 152 Å². The monoisotopic (exact) mass is 789 g/mol. The first-order valence-electron chi connectivity index (χ1n) is 17.7. The summed E-state index contributed by atoms with van der Waals surface area (Å²) in [5.74, 6) is -4.80. The molecule has 54 heavy (non-hydrogen) atoms. The summed E-state index contributed by atoms with van der Waals surface area (Å²) in [5.41, 5.74) is 0. The number of ether oxygens (including phenoxy) is 13. The van der Waals surface area contributed by atoms with Crippen molar-refractivity contribution in [1.29, 1.82) is 0 Å². The summed E-state index contributed by atoms with van der Waals surface area (Å²) in [6, 6.07) is 0. The van der Waals surface area contributed by atoms with E-state index in [0.29, 0.717) is 139 Å². The molecule has 0 aliphatic heterocycles. The number of esters is 1. The number of hydrogen-bond donors (Lipinski definition) is 3. The smallest absolute Gasteiger partial charge is 0.372 e. The molecule has 0 aliphatic carbocycles. The van der Waals surface area contributed by atoms with Crippen molar-refractivity contribution in [3.8, 4) is 0 Å². The van der Waals surface area contributed by atoms with Crippen LogP contribution in [0.15, 0.2) is 0 Å². The molecule has 0 aromatic heterocycles. The molecule has 0 aromatic rings. The van der Waals surface area contributed by atoms with Crippen LogP contribution in [0.5, 0.6) is 0 Å². The van der Waals surface area contributed by atoms with Gasteiger partial charge >= 0.3 is 17.9 Å². The predicted octanol–water partition coefficient (Wildman–Crippen LogP) is -1.64. The Balaban J connectivity index is 3.15. The lowest BCUT2D eigenvalue weighted by Crippen LogP contribution is -2.31. The molecule has 0 fully saturated rings. The highest BCUT2D eigenvalue weighted by Crippen LogP contribution is 1.95. The van der Waals surface area contributed by atoms with E-state index in [9.17, 15) is 24.0 Å². The molecule has 0 bridgehead atoms. The lowest BCUT2D eigenvalue weighted by molar-refractivity contribution is -0.151. The van der Waals surface area contributed by atoms with Crippen LogP contribution >= 0.6 is 0 Å². The molecular formula is C33H59NO20. The highest BCUT2D eigenvalue weighted by atomic mass is 16.6. The maximum absolute atomic E-state index is 11.4. The Bertz CT molecular complexity index is 926. The summed E-state index contributed by atoms with van der Waals surface area (Å²) >= 11 is 0. The molecule has 3 N–H and O–H groups in total. The average Bonchev–Trinajstić information content (AvgIpc) is 3.14. The van der Waals surface area contributed by atoms with Gasteiger partial charge in [0.25, 0.3) is 0 Å². The Morgan fingerprint density at radius 3 is 1.00 bits per heavy atom. The van der Waals surface area contributed by atoms with Crippen molar-refractivity contribution in [2.45, 2.75) is 12.8 Å². The van der Waals surface area contributed by atoms with Gasteiger partial charge < -0.3 is 77.1 Å². The van der Waals surface area contributed by atoms with Gasteiger partial charge in [-0.2, -0.15) is 0 Å². The van der Waals surface area contributed by atoms with Gasteiger partial charge in [-0.15, -0.1) is 0 Å². The second-order valence-corrected chi connectivity index (χ2v) is 10.4. The maximum Gasteiger partial charge on any atom is 0.372 e. The van der Waals surface area contributed by atoms with Gasteiger partial charge in [0.1, 0.15) is 19.8 Å². The number of carbonyl (C=O) groups excluding carboxylic acids is 3. The van der Waals surface area contributed by atoms with Crippen LogP contribution in [0.4, 0.5) is 0 Å². The topological polar surface area (TPSA) is 258 Å². The molecule has 21 heteroatoms. The van der Waals surface area contributed by atoms with Crippen LogP contribution in [0.2, 0.25) is 0 Å². The lowest BCUT2D eigenvalue weighted by atomic mass is 10.2.